The first-order valence-electron chi connectivity index (χ1n) is 7.36. The molecule has 2 aromatic rings. The predicted octanol–water partition coefficient (Wildman–Crippen LogP) is 3.81. The van der Waals surface area contributed by atoms with Gasteiger partial charge in [-0.1, -0.05) is 29.3 Å². The van der Waals surface area contributed by atoms with Gasteiger partial charge in [0.2, 0.25) is 0 Å². The van der Waals surface area contributed by atoms with E-state index in [1.165, 1.54) is 16.7 Å². The highest BCUT2D eigenvalue weighted by atomic mass is 32.1. The minimum Gasteiger partial charge on any atom is -0.497 e. The monoisotopic (exact) mass is 330 g/mol. The Morgan fingerprint density at radius 2 is 1.70 bits per heavy atom. The summed E-state index contributed by atoms with van der Waals surface area (Å²) >= 11 is 5.37. The Hall–Kier alpha value is -2.27. The number of thiocarbonyl (C=S) groups is 1. The lowest BCUT2D eigenvalue weighted by Gasteiger charge is -2.15. The van der Waals surface area contributed by atoms with Crippen LogP contribution in [0.5, 0.6) is 11.5 Å². The van der Waals surface area contributed by atoms with Crippen LogP contribution in [0.15, 0.2) is 36.4 Å². The van der Waals surface area contributed by atoms with Crippen molar-refractivity contribution in [3.8, 4) is 11.5 Å². The second-order valence-electron chi connectivity index (χ2n) is 5.37. The molecule has 0 amide bonds. The largest absolute Gasteiger partial charge is 0.497 e. The molecular weight excluding hydrogens is 308 g/mol. The van der Waals surface area contributed by atoms with Gasteiger partial charge in [0.1, 0.15) is 11.5 Å². The summed E-state index contributed by atoms with van der Waals surface area (Å²) in [4.78, 5) is 0. The van der Waals surface area contributed by atoms with Crippen molar-refractivity contribution in [3.05, 3.63) is 53.1 Å². The molecule has 122 valence electrons. The Balaban J connectivity index is 2.02. The summed E-state index contributed by atoms with van der Waals surface area (Å²) in [5.41, 5.74) is 4.46. The van der Waals surface area contributed by atoms with Crippen molar-refractivity contribution < 1.29 is 9.47 Å². The van der Waals surface area contributed by atoms with Crippen molar-refractivity contribution in [2.75, 3.05) is 19.5 Å². The van der Waals surface area contributed by atoms with E-state index in [1.54, 1.807) is 14.2 Å². The molecule has 0 saturated heterocycles. The third-order valence-electron chi connectivity index (χ3n) is 3.39. The first kappa shape index (κ1) is 17.1. The van der Waals surface area contributed by atoms with Crippen LogP contribution in [0.25, 0.3) is 0 Å². The molecule has 0 unspecified atom stereocenters. The van der Waals surface area contributed by atoms with Gasteiger partial charge in [-0.2, -0.15) is 0 Å². The molecule has 0 spiro atoms. The highest BCUT2D eigenvalue weighted by molar-refractivity contribution is 7.80. The van der Waals surface area contributed by atoms with Gasteiger partial charge >= 0.3 is 0 Å². The van der Waals surface area contributed by atoms with Gasteiger partial charge in [-0.15, -0.1) is 0 Å². The SMILES string of the molecule is COc1ccc(OC)c(NC(=S)NCc2cc(C)cc(C)c2)c1. The molecule has 2 rings (SSSR count). The molecule has 0 aromatic heterocycles. The standard InChI is InChI=1S/C18H22N2O2S/c1-12-7-13(2)9-14(8-12)11-19-18(23)20-16-10-15(21-3)5-6-17(16)22-4/h5-10H,11H2,1-4H3,(H2,19,20,23). The summed E-state index contributed by atoms with van der Waals surface area (Å²) in [5, 5.41) is 6.90. The molecule has 0 aliphatic heterocycles. The number of ether oxygens (including phenoxy) is 2. The first-order chi connectivity index (χ1) is 11.0. The van der Waals surface area contributed by atoms with Crippen molar-refractivity contribution in [1.82, 2.24) is 5.32 Å². The van der Waals surface area contributed by atoms with Crippen molar-refractivity contribution in [2.24, 2.45) is 0 Å². The third kappa shape index (κ3) is 4.86. The quantitative estimate of drug-likeness (QED) is 0.816. The van der Waals surface area contributed by atoms with Crippen LogP contribution in [0.1, 0.15) is 16.7 Å². The lowest BCUT2D eigenvalue weighted by molar-refractivity contribution is 0.405. The summed E-state index contributed by atoms with van der Waals surface area (Å²) in [6, 6.07) is 12.0. The Morgan fingerprint density at radius 3 is 2.30 bits per heavy atom. The molecule has 0 atom stereocenters. The van der Waals surface area contributed by atoms with E-state index >= 15 is 0 Å². The molecule has 0 saturated carbocycles. The second kappa shape index (κ2) is 7.83. The smallest absolute Gasteiger partial charge is 0.171 e. The van der Waals surface area contributed by atoms with Gasteiger partial charge in [0.15, 0.2) is 5.11 Å². The van der Waals surface area contributed by atoms with Crippen LogP contribution in [-0.4, -0.2) is 19.3 Å². The predicted molar refractivity (Wildman–Crippen MR) is 98.5 cm³/mol. The molecule has 0 heterocycles. The number of methoxy groups -OCH3 is 2. The van der Waals surface area contributed by atoms with Crippen LogP contribution >= 0.6 is 12.2 Å². The third-order valence-corrected chi connectivity index (χ3v) is 3.64. The number of nitrogens with one attached hydrogen (secondary N) is 2. The summed E-state index contributed by atoms with van der Waals surface area (Å²) in [5.74, 6) is 1.45. The van der Waals surface area contributed by atoms with Crippen LogP contribution < -0.4 is 20.1 Å². The van der Waals surface area contributed by atoms with E-state index in [2.05, 4.69) is 42.7 Å². The van der Waals surface area contributed by atoms with Gasteiger partial charge in [0.25, 0.3) is 0 Å². The second-order valence-corrected chi connectivity index (χ2v) is 5.78. The number of aryl methyl sites for hydroxylation is 2. The highest BCUT2D eigenvalue weighted by Gasteiger charge is 2.07. The molecule has 5 heteroatoms. The van der Waals surface area contributed by atoms with Crippen molar-refractivity contribution >= 4 is 23.0 Å². The van der Waals surface area contributed by atoms with E-state index in [0.717, 1.165) is 11.4 Å². The van der Waals surface area contributed by atoms with Crippen molar-refractivity contribution in [3.63, 3.8) is 0 Å². The Labute approximate surface area is 142 Å². The van der Waals surface area contributed by atoms with Crippen LogP contribution in [-0.2, 0) is 6.54 Å². The fraction of sp³-hybridized carbons (Fsp3) is 0.278. The molecule has 4 nitrogen and oxygen atoms in total. The maximum absolute atomic E-state index is 5.37. The Bertz CT molecular complexity index is 681. The summed E-state index contributed by atoms with van der Waals surface area (Å²) in [7, 11) is 3.25. The summed E-state index contributed by atoms with van der Waals surface area (Å²) in [6.07, 6.45) is 0. The van der Waals surface area contributed by atoms with Crippen molar-refractivity contribution in [1.29, 1.82) is 0 Å². The minimum atomic E-state index is 0.538. The number of hydrogen-bond acceptors (Lipinski definition) is 3. The normalized spacial score (nSPS) is 10.1. The van der Waals surface area contributed by atoms with Crippen molar-refractivity contribution in [2.45, 2.75) is 20.4 Å². The molecule has 0 bridgehead atoms. The maximum atomic E-state index is 5.37. The van der Waals surface area contributed by atoms with Crippen LogP contribution in [0.3, 0.4) is 0 Å². The van der Waals surface area contributed by atoms with E-state index in [9.17, 15) is 0 Å². The van der Waals surface area contributed by atoms with E-state index < -0.39 is 0 Å². The van der Waals surface area contributed by atoms with E-state index in [1.807, 2.05) is 18.2 Å². The average molecular weight is 330 g/mol. The summed E-state index contributed by atoms with van der Waals surface area (Å²) in [6.45, 7) is 4.85. The van der Waals surface area contributed by atoms with Crippen LogP contribution in [0.4, 0.5) is 5.69 Å². The van der Waals surface area contributed by atoms with E-state index in [4.69, 9.17) is 21.7 Å². The number of rotatable bonds is 5. The molecule has 0 radical (unpaired) electrons. The van der Waals surface area contributed by atoms with E-state index in [0.29, 0.717) is 17.4 Å². The van der Waals surface area contributed by atoms with Crippen LogP contribution in [0, 0.1) is 13.8 Å². The minimum absolute atomic E-state index is 0.538. The Kier molecular flexibility index (Phi) is 5.82. The number of hydrogen-bond donors (Lipinski definition) is 2. The molecule has 0 aliphatic rings. The van der Waals surface area contributed by atoms with Gasteiger partial charge in [0.05, 0.1) is 19.9 Å². The van der Waals surface area contributed by atoms with E-state index in [-0.39, 0.29) is 0 Å². The molecule has 0 fully saturated rings. The maximum Gasteiger partial charge on any atom is 0.171 e. The number of anilines is 1. The Morgan fingerprint density at radius 1 is 1.00 bits per heavy atom. The first-order valence-corrected chi connectivity index (χ1v) is 7.76. The van der Waals surface area contributed by atoms with Gasteiger partial charge in [0, 0.05) is 12.6 Å². The lowest BCUT2D eigenvalue weighted by atomic mass is 10.1. The topological polar surface area (TPSA) is 42.5 Å². The molecule has 2 N–H and O–H groups in total. The average Bonchev–Trinajstić information content (AvgIpc) is 2.52. The molecule has 0 aliphatic carbocycles. The fourth-order valence-corrected chi connectivity index (χ4v) is 2.61. The highest BCUT2D eigenvalue weighted by Crippen LogP contribution is 2.28. The number of benzene rings is 2. The van der Waals surface area contributed by atoms with Crippen LogP contribution in [0.2, 0.25) is 0 Å². The fourth-order valence-electron chi connectivity index (χ4n) is 2.43. The van der Waals surface area contributed by atoms with Gasteiger partial charge in [-0.25, -0.2) is 0 Å². The zero-order valence-electron chi connectivity index (χ0n) is 13.9. The summed E-state index contributed by atoms with van der Waals surface area (Å²) < 4.78 is 10.6. The van der Waals surface area contributed by atoms with Gasteiger partial charge in [-0.3, -0.25) is 0 Å². The molecular formula is C18H22N2O2S. The van der Waals surface area contributed by atoms with Gasteiger partial charge < -0.3 is 20.1 Å². The lowest BCUT2D eigenvalue weighted by Crippen LogP contribution is -2.28. The zero-order valence-corrected chi connectivity index (χ0v) is 14.7. The molecule has 23 heavy (non-hydrogen) atoms. The molecule has 2 aromatic carbocycles. The van der Waals surface area contributed by atoms with Gasteiger partial charge in [-0.05, 0) is 43.8 Å². The zero-order chi connectivity index (χ0) is 16.8.